The minimum atomic E-state index is -0.370. The van der Waals surface area contributed by atoms with Crippen molar-refractivity contribution in [3.63, 3.8) is 0 Å². The second-order valence-corrected chi connectivity index (χ2v) is 3.66. The summed E-state index contributed by atoms with van der Waals surface area (Å²) in [5, 5.41) is 7.68. The van der Waals surface area contributed by atoms with E-state index in [1.807, 2.05) is 30.4 Å². The topological polar surface area (TPSA) is 57.0 Å². The molecule has 0 unspecified atom stereocenters. The number of fused-ring (bicyclic) bond motifs is 1. The largest absolute Gasteiger partial charge is 0.345 e. The number of hydrogen-bond acceptors (Lipinski definition) is 4. The van der Waals surface area contributed by atoms with Crippen LogP contribution in [0.3, 0.4) is 0 Å². The molecule has 5 nitrogen and oxygen atoms in total. The van der Waals surface area contributed by atoms with Gasteiger partial charge in [0.15, 0.2) is 0 Å². The monoisotopic (exact) mass is 227 g/mol. The van der Waals surface area contributed by atoms with Crippen LogP contribution in [0.4, 0.5) is 0 Å². The predicted molar refractivity (Wildman–Crippen MR) is 60.9 cm³/mol. The molecule has 1 aliphatic carbocycles. The Labute approximate surface area is 96.9 Å². The highest BCUT2D eigenvalue weighted by Gasteiger charge is 2.18. The Balaban J connectivity index is 1.87. The van der Waals surface area contributed by atoms with Gasteiger partial charge in [-0.05, 0) is 17.3 Å². The molecule has 84 valence electrons. The summed E-state index contributed by atoms with van der Waals surface area (Å²) < 4.78 is 0. The number of para-hydroxylation sites is 1. The Morgan fingerprint density at radius 3 is 2.82 bits per heavy atom. The minimum absolute atomic E-state index is 0.335. The predicted octanol–water partition coefficient (Wildman–Crippen LogP) is 1.13. The Hall–Kier alpha value is -2.43. The van der Waals surface area contributed by atoms with E-state index in [0.717, 1.165) is 4.85 Å². The van der Waals surface area contributed by atoms with E-state index >= 15 is 0 Å². The zero-order valence-electron chi connectivity index (χ0n) is 8.85. The maximum absolute atomic E-state index is 11.7. The molecule has 0 atom stereocenters. The van der Waals surface area contributed by atoms with Crippen LogP contribution >= 0.6 is 0 Å². The number of aromatic nitrogens is 3. The van der Waals surface area contributed by atoms with Crippen LogP contribution in [0.1, 0.15) is 0 Å². The summed E-state index contributed by atoms with van der Waals surface area (Å²) in [6.07, 6.45) is 7.15. The summed E-state index contributed by atoms with van der Waals surface area (Å²) in [7, 11) is 0. The van der Waals surface area contributed by atoms with Crippen molar-refractivity contribution in [3.8, 4) is 0 Å². The fraction of sp³-hybridized carbons (Fsp3) is 0.0833. The van der Waals surface area contributed by atoms with Gasteiger partial charge >= 0.3 is 5.97 Å². The Bertz CT molecular complexity index is 615. The highest BCUT2D eigenvalue weighted by Crippen LogP contribution is 2.12. The van der Waals surface area contributed by atoms with Crippen molar-refractivity contribution in [1.29, 1.82) is 0 Å². The second-order valence-electron chi connectivity index (χ2n) is 3.66. The molecular weight excluding hydrogens is 218 g/mol. The van der Waals surface area contributed by atoms with Crippen molar-refractivity contribution in [2.75, 3.05) is 0 Å². The van der Waals surface area contributed by atoms with E-state index in [4.69, 9.17) is 4.84 Å². The summed E-state index contributed by atoms with van der Waals surface area (Å²) in [6, 6.07) is 7.29. The molecule has 0 radical (unpaired) electrons. The van der Waals surface area contributed by atoms with Crippen molar-refractivity contribution >= 4 is 17.0 Å². The van der Waals surface area contributed by atoms with Gasteiger partial charge in [0.25, 0.3) is 0 Å². The molecule has 0 fully saturated rings. The van der Waals surface area contributed by atoms with Gasteiger partial charge in [-0.25, -0.2) is 4.79 Å². The average Bonchev–Trinajstić information content (AvgIpc) is 2.98. The molecule has 0 saturated carbocycles. The van der Waals surface area contributed by atoms with Gasteiger partial charge in [-0.15, -0.1) is 5.10 Å². The van der Waals surface area contributed by atoms with Crippen molar-refractivity contribution in [1.82, 2.24) is 15.2 Å². The first-order valence-electron chi connectivity index (χ1n) is 5.22. The Morgan fingerprint density at radius 1 is 1.24 bits per heavy atom. The van der Waals surface area contributed by atoms with E-state index in [0.29, 0.717) is 11.0 Å². The molecule has 0 spiro atoms. The molecule has 1 aromatic heterocycles. The number of carbonyl (C=O) groups is 1. The summed E-state index contributed by atoms with van der Waals surface area (Å²) in [5.74, 6) is -0.705. The molecule has 0 aliphatic heterocycles. The second kappa shape index (κ2) is 3.86. The van der Waals surface area contributed by atoms with Crippen LogP contribution in [0.2, 0.25) is 0 Å². The molecule has 2 aromatic rings. The quantitative estimate of drug-likeness (QED) is 0.721. The molecule has 0 amide bonds. The third kappa shape index (κ3) is 1.71. The zero-order valence-corrected chi connectivity index (χ0v) is 8.85. The fourth-order valence-corrected chi connectivity index (χ4v) is 1.65. The lowest BCUT2D eigenvalue weighted by Gasteiger charge is -2.05. The molecule has 1 aromatic carbocycles. The molecule has 0 saturated heterocycles. The van der Waals surface area contributed by atoms with E-state index < -0.39 is 0 Å². The maximum atomic E-state index is 11.7. The van der Waals surface area contributed by atoms with Crippen molar-refractivity contribution in [2.24, 2.45) is 5.92 Å². The smallest absolute Gasteiger partial charge is 0.316 e. The first-order valence-corrected chi connectivity index (χ1v) is 5.22. The lowest BCUT2D eigenvalue weighted by Crippen LogP contribution is -2.25. The Morgan fingerprint density at radius 2 is 2.00 bits per heavy atom. The molecule has 17 heavy (non-hydrogen) atoms. The van der Waals surface area contributed by atoms with Gasteiger partial charge in [0.1, 0.15) is 11.0 Å². The van der Waals surface area contributed by atoms with Gasteiger partial charge in [-0.1, -0.05) is 41.3 Å². The lowest BCUT2D eigenvalue weighted by molar-refractivity contribution is -0.147. The van der Waals surface area contributed by atoms with Gasteiger partial charge in [0, 0.05) is 0 Å². The van der Waals surface area contributed by atoms with Crippen LogP contribution in [0.25, 0.3) is 11.0 Å². The van der Waals surface area contributed by atoms with Gasteiger partial charge in [-0.2, -0.15) is 0 Å². The van der Waals surface area contributed by atoms with Crippen LogP contribution in [0.15, 0.2) is 48.6 Å². The molecular formula is C12H9N3O2. The third-order valence-corrected chi connectivity index (χ3v) is 2.52. The summed E-state index contributed by atoms with van der Waals surface area (Å²) in [6.45, 7) is 0. The van der Waals surface area contributed by atoms with Gasteiger partial charge in [-0.3, -0.25) is 0 Å². The van der Waals surface area contributed by atoms with Crippen LogP contribution in [-0.4, -0.2) is 21.1 Å². The van der Waals surface area contributed by atoms with E-state index in [9.17, 15) is 4.79 Å². The van der Waals surface area contributed by atoms with E-state index in [1.165, 1.54) is 0 Å². The third-order valence-electron chi connectivity index (χ3n) is 2.52. The zero-order chi connectivity index (χ0) is 11.7. The lowest BCUT2D eigenvalue weighted by atomic mass is 10.2. The number of rotatable bonds is 2. The molecule has 1 aliphatic rings. The Kier molecular flexibility index (Phi) is 2.22. The number of carbonyl (C=O) groups excluding carboxylic acids is 1. The highest BCUT2D eigenvalue weighted by atomic mass is 16.7. The molecule has 5 heteroatoms. The van der Waals surface area contributed by atoms with Crippen molar-refractivity contribution in [3.05, 3.63) is 48.6 Å². The van der Waals surface area contributed by atoms with E-state index in [-0.39, 0.29) is 11.9 Å². The van der Waals surface area contributed by atoms with Gasteiger partial charge in [0.05, 0.1) is 5.92 Å². The summed E-state index contributed by atoms with van der Waals surface area (Å²) in [4.78, 5) is 18.0. The molecule has 0 N–H and O–H groups in total. The molecule has 0 bridgehead atoms. The van der Waals surface area contributed by atoms with E-state index in [2.05, 4.69) is 10.3 Å². The van der Waals surface area contributed by atoms with Gasteiger partial charge < -0.3 is 4.84 Å². The number of nitrogens with zero attached hydrogens (tertiary/aromatic N) is 3. The fourth-order valence-electron chi connectivity index (χ4n) is 1.65. The first-order chi connectivity index (χ1) is 8.34. The summed E-state index contributed by atoms with van der Waals surface area (Å²) >= 11 is 0. The maximum Gasteiger partial charge on any atom is 0.345 e. The standard InChI is InChI=1S/C12H9N3O2/c16-12(9-5-1-2-6-9)17-15-11-8-4-3-7-10(11)13-14-15/h1-9H. The van der Waals surface area contributed by atoms with Crippen LogP contribution in [0.5, 0.6) is 0 Å². The van der Waals surface area contributed by atoms with Crippen LogP contribution in [0, 0.1) is 5.92 Å². The highest BCUT2D eigenvalue weighted by molar-refractivity contribution is 5.79. The molecule has 1 heterocycles. The number of benzene rings is 1. The van der Waals surface area contributed by atoms with E-state index in [1.54, 1.807) is 18.2 Å². The average molecular weight is 227 g/mol. The number of allylic oxidation sites excluding steroid dienone is 2. The SMILES string of the molecule is O=C(On1nnc2ccccc21)C1C=CC=C1. The van der Waals surface area contributed by atoms with Crippen LogP contribution < -0.4 is 4.84 Å². The van der Waals surface area contributed by atoms with Crippen molar-refractivity contribution < 1.29 is 9.63 Å². The first kappa shape index (κ1) is 9.77. The van der Waals surface area contributed by atoms with Gasteiger partial charge in [0.2, 0.25) is 0 Å². The minimum Gasteiger partial charge on any atom is -0.316 e. The molecule has 3 rings (SSSR count). The van der Waals surface area contributed by atoms with Crippen molar-refractivity contribution in [2.45, 2.75) is 0 Å². The number of hydrogen-bond donors (Lipinski definition) is 0. The normalized spacial score (nSPS) is 14.6. The summed E-state index contributed by atoms with van der Waals surface area (Å²) in [5.41, 5.74) is 1.37. The van der Waals surface area contributed by atoms with Crippen LogP contribution in [-0.2, 0) is 4.79 Å².